The molecule has 0 saturated carbocycles. The molecule has 0 spiro atoms. The highest BCUT2D eigenvalue weighted by atomic mass is 35.5. The number of hydrogen-bond acceptors (Lipinski definition) is 2. The van der Waals surface area contributed by atoms with E-state index < -0.39 is 0 Å². The van der Waals surface area contributed by atoms with Crippen molar-refractivity contribution >= 4 is 22.5 Å². The fourth-order valence-corrected chi connectivity index (χ4v) is 2.47. The third-order valence-electron chi connectivity index (χ3n) is 3.26. The van der Waals surface area contributed by atoms with Gasteiger partial charge in [0.25, 0.3) is 0 Å². The van der Waals surface area contributed by atoms with Crippen molar-refractivity contribution in [3.05, 3.63) is 30.0 Å². The third kappa shape index (κ3) is 2.68. The second kappa shape index (κ2) is 6.21. The van der Waals surface area contributed by atoms with Gasteiger partial charge in [0.05, 0.1) is 11.2 Å². The third-order valence-corrected chi connectivity index (χ3v) is 3.42. The van der Waals surface area contributed by atoms with Gasteiger partial charge in [0, 0.05) is 30.9 Å². The maximum Gasteiger partial charge on any atom is 0.0843 e. The van der Waals surface area contributed by atoms with Crippen LogP contribution in [-0.4, -0.2) is 33.6 Å². The maximum absolute atomic E-state index is 5.82. The van der Waals surface area contributed by atoms with Crippen molar-refractivity contribution in [2.75, 3.05) is 19.0 Å². The number of halogens is 1. The van der Waals surface area contributed by atoms with Crippen molar-refractivity contribution < 1.29 is 0 Å². The largest absolute Gasteiger partial charge is 0.297 e. The molecule has 3 nitrogen and oxygen atoms in total. The molecule has 18 heavy (non-hydrogen) atoms. The van der Waals surface area contributed by atoms with E-state index in [4.69, 9.17) is 16.7 Å². The zero-order valence-corrected chi connectivity index (χ0v) is 11.8. The second-order valence-electron chi connectivity index (χ2n) is 4.34. The van der Waals surface area contributed by atoms with E-state index in [0.717, 1.165) is 31.9 Å². The number of hydrogen-bond donors (Lipinski definition) is 0. The normalized spacial score (nSPS) is 11.6. The van der Waals surface area contributed by atoms with Crippen molar-refractivity contribution in [3.8, 4) is 0 Å². The van der Waals surface area contributed by atoms with Crippen molar-refractivity contribution in [1.29, 1.82) is 0 Å². The molecular formula is C14H20ClN3. The molecule has 0 radical (unpaired) electrons. The van der Waals surface area contributed by atoms with Crippen LogP contribution in [0, 0.1) is 0 Å². The molecule has 0 fully saturated rings. The smallest absolute Gasteiger partial charge is 0.0843 e. The zero-order valence-electron chi connectivity index (χ0n) is 11.1. The molecule has 0 aliphatic heterocycles. The lowest BCUT2D eigenvalue weighted by Crippen LogP contribution is -2.25. The molecule has 0 saturated heterocycles. The van der Waals surface area contributed by atoms with Crippen LogP contribution in [0.2, 0.25) is 0 Å². The quantitative estimate of drug-likeness (QED) is 0.749. The fourth-order valence-electron chi connectivity index (χ4n) is 2.23. The van der Waals surface area contributed by atoms with E-state index in [2.05, 4.69) is 47.7 Å². The van der Waals surface area contributed by atoms with Crippen molar-refractivity contribution in [2.24, 2.45) is 0 Å². The molecule has 1 aromatic carbocycles. The molecule has 4 heteroatoms. The summed E-state index contributed by atoms with van der Waals surface area (Å²) in [7, 11) is 0. The molecule has 1 heterocycles. The van der Waals surface area contributed by atoms with Crippen LogP contribution in [0.1, 0.15) is 19.5 Å². The molecular weight excluding hydrogens is 246 g/mol. The Hall–Kier alpha value is -1.06. The Morgan fingerprint density at radius 1 is 1.28 bits per heavy atom. The average molecular weight is 266 g/mol. The maximum atomic E-state index is 5.82. The van der Waals surface area contributed by atoms with Gasteiger partial charge < -0.3 is 0 Å². The minimum absolute atomic E-state index is 0.667. The van der Waals surface area contributed by atoms with Crippen LogP contribution in [0.15, 0.2) is 24.3 Å². The Bertz CT molecular complexity index is 507. The summed E-state index contributed by atoms with van der Waals surface area (Å²) in [5.74, 6) is 0.667. The number of para-hydroxylation sites is 1. The van der Waals surface area contributed by atoms with Crippen LogP contribution in [-0.2, 0) is 13.1 Å². The van der Waals surface area contributed by atoms with Crippen LogP contribution < -0.4 is 0 Å². The first-order valence-corrected chi connectivity index (χ1v) is 7.06. The standard InChI is InChI=1S/C14H20ClN3/c1-3-17(10-9-15)11-13-12-7-5-6-8-14(12)18(4-2)16-13/h5-8H,3-4,9-11H2,1-2H3. The van der Waals surface area contributed by atoms with Crippen LogP contribution in [0.3, 0.4) is 0 Å². The highest BCUT2D eigenvalue weighted by molar-refractivity contribution is 6.18. The molecule has 0 unspecified atom stereocenters. The summed E-state index contributed by atoms with van der Waals surface area (Å²) in [5.41, 5.74) is 2.37. The topological polar surface area (TPSA) is 21.1 Å². The van der Waals surface area contributed by atoms with Crippen molar-refractivity contribution in [2.45, 2.75) is 26.9 Å². The second-order valence-corrected chi connectivity index (χ2v) is 4.72. The summed E-state index contributed by atoms with van der Waals surface area (Å²) < 4.78 is 2.07. The number of alkyl halides is 1. The first-order valence-electron chi connectivity index (χ1n) is 6.52. The van der Waals surface area contributed by atoms with E-state index in [1.165, 1.54) is 10.9 Å². The van der Waals surface area contributed by atoms with Gasteiger partial charge in [-0.25, -0.2) is 0 Å². The summed E-state index contributed by atoms with van der Waals surface area (Å²) in [5, 5.41) is 5.97. The molecule has 98 valence electrons. The number of rotatable bonds is 6. The summed E-state index contributed by atoms with van der Waals surface area (Å²) in [6, 6.07) is 8.42. The lowest BCUT2D eigenvalue weighted by Gasteiger charge is -2.17. The van der Waals surface area contributed by atoms with Crippen LogP contribution >= 0.6 is 11.6 Å². The molecule has 0 atom stereocenters. The Balaban J connectivity index is 2.32. The van der Waals surface area contributed by atoms with E-state index in [9.17, 15) is 0 Å². The summed E-state index contributed by atoms with van der Waals surface area (Å²) >= 11 is 5.82. The SMILES string of the molecule is CCN(CCCl)Cc1nn(CC)c2ccccc12. The Morgan fingerprint density at radius 2 is 2.06 bits per heavy atom. The lowest BCUT2D eigenvalue weighted by atomic mass is 10.2. The van der Waals surface area contributed by atoms with Gasteiger partial charge in [0.1, 0.15) is 0 Å². The van der Waals surface area contributed by atoms with E-state index in [-0.39, 0.29) is 0 Å². The Morgan fingerprint density at radius 3 is 2.72 bits per heavy atom. The first-order chi connectivity index (χ1) is 8.80. The Labute approximate surface area is 113 Å². The fraction of sp³-hybridized carbons (Fsp3) is 0.500. The monoisotopic (exact) mass is 265 g/mol. The Kier molecular flexibility index (Phi) is 4.61. The first kappa shape index (κ1) is 13.4. The number of benzene rings is 1. The average Bonchev–Trinajstić information content (AvgIpc) is 2.76. The van der Waals surface area contributed by atoms with Gasteiger partial charge in [-0.1, -0.05) is 25.1 Å². The summed E-state index contributed by atoms with van der Waals surface area (Å²) in [6.07, 6.45) is 0. The number of aryl methyl sites for hydroxylation is 1. The molecule has 1 aromatic heterocycles. The highest BCUT2D eigenvalue weighted by Crippen LogP contribution is 2.19. The van der Waals surface area contributed by atoms with E-state index in [0.29, 0.717) is 5.88 Å². The van der Waals surface area contributed by atoms with Gasteiger partial charge in [-0.3, -0.25) is 9.58 Å². The van der Waals surface area contributed by atoms with E-state index in [1.54, 1.807) is 0 Å². The molecule has 0 amide bonds. The van der Waals surface area contributed by atoms with Crippen LogP contribution in [0.4, 0.5) is 0 Å². The number of nitrogens with zero attached hydrogens (tertiary/aromatic N) is 3. The molecule has 0 N–H and O–H groups in total. The highest BCUT2D eigenvalue weighted by Gasteiger charge is 2.11. The van der Waals surface area contributed by atoms with Gasteiger partial charge in [-0.15, -0.1) is 11.6 Å². The number of aromatic nitrogens is 2. The van der Waals surface area contributed by atoms with Gasteiger partial charge in [0.15, 0.2) is 0 Å². The van der Waals surface area contributed by atoms with Gasteiger partial charge in [-0.2, -0.15) is 5.10 Å². The minimum Gasteiger partial charge on any atom is -0.297 e. The predicted octanol–water partition coefficient (Wildman–Crippen LogP) is 3.12. The van der Waals surface area contributed by atoms with Crippen molar-refractivity contribution in [3.63, 3.8) is 0 Å². The van der Waals surface area contributed by atoms with E-state index >= 15 is 0 Å². The number of fused-ring (bicyclic) bond motifs is 1. The van der Waals surface area contributed by atoms with Crippen LogP contribution in [0.5, 0.6) is 0 Å². The predicted molar refractivity (Wildman–Crippen MR) is 77.1 cm³/mol. The van der Waals surface area contributed by atoms with Gasteiger partial charge >= 0.3 is 0 Å². The molecule has 0 aliphatic rings. The molecule has 2 rings (SSSR count). The summed E-state index contributed by atoms with van der Waals surface area (Å²) in [4.78, 5) is 2.32. The van der Waals surface area contributed by atoms with Gasteiger partial charge in [0.2, 0.25) is 0 Å². The lowest BCUT2D eigenvalue weighted by molar-refractivity contribution is 0.294. The molecule has 2 aromatic rings. The van der Waals surface area contributed by atoms with Gasteiger partial charge in [-0.05, 0) is 19.5 Å². The van der Waals surface area contributed by atoms with Crippen LogP contribution in [0.25, 0.3) is 10.9 Å². The molecule has 0 aliphatic carbocycles. The van der Waals surface area contributed by atoms with E-state index in [1.807, 2.05) is 0 Å². The van der Waals surface area contributed by atoms with Crippen molar-refractivity contribution in [1.82, 2.24) is 14.7 Å². The minimum atomic E-state index is 0.667. The molecule has 0 bridgehead atoms. The summed E-state index contributed by atoms with van der Waals surface area (Å²) in [6.45, 7) is 7.97. The zero-order chi connectivity index (χ0) is 13.0.